The van der Waals surface area contributed by atoms with Gasteiger partial charge in [0.05, 0.1) is 6.54 Å². The number of aryl methyl sites for hydroxylation is 1. The Morgan fingerprint density at radius 2 is 1.74 bits per heavy atom. The minimum Gasteiger partial charge on any atom is -0.382 e. The molecule has 7 heteroatoms. The maximum absolute atomic E-state index is 12.2. The van der Waals surface area contributed by atoms with Gasteiger partial charge in [-0.15, -0.1) is 0 Å². The topological polar surface area (TPSA) is 87.4 Å². The SMILES string of the molecule is CCCCC.Cc1nc(N)c2c(n1)N(Cc1cccc(CN3CC4CCCC4C3)c1)CC(=O)N2. The molecule has 34 heavy (non-hydrogen) atoms. The first-order valence-corrected chi connectivity index (χ1v) is 13.0. The summed E-state index contributed by atoms with van der Waals surface area (Å²) in [5.74, 6) is 3.36. The van der Waals surface area contributed by atoms with Gasteiger partial charge in [-0.05, 0) is 42.7 Å². The van der Waals surface area contributed by atoms with Gasteiger partial charge in [0, 0.05) is 26.2 Å². The Morgan fingerprint density at radius 3 is 2.38 bits per heavy atom. The maximum Gasteiger partial charge on any atom is 0.244 e. The van der Waals surface area contributed by atoms with Gasteiger partial charge in [-0.3, -0.25) is 9.69 Å². The van der Waals surface area contributed by atoms with E-state index in [4.69, 9.17) is 5.73 Å². The van der Waals surface area contributed by atoms with Gasteiger partial charge in [0.25, 0.3) is 0 Å². The smallest absolute Gasteiger partial charge is 0.244 e. The fraction of sp³-hybridized carbons (Fsp3) is 0.593. The average molecular weight is 465 g/mol. The van der Waals surface area contributed by atoms with Crippen LogP contribution in [0.3, 0.4) is 0 Å². The molecule has 5 rings (SSSR count). The van der Waals surface area contributed by atoms with Gasteiger partial charge in [-0.25, -0.2) is 9.97 Å². The molecule has 0 bridgehead atoms. The molecular weight excluding hydrogens is 424 g/mol. The number of aromatic nitrogens is 2. The van der Waals surface area contributed by atoms with Gasteiger partial charge in [0.2, 0.25) is 5.91 Å². The quantitative estimate of drug-likeness (QED) is 0.641. The number of anilines is 3. The predicted octanol–water partition coefficient (Wildman–Crippen LogP) is 4.75. The summed E-state index contributed by atoms with van der Waals surface area (Å²) in [4.78, 5) is 25.5. The molecule has 3 aliphatic rings. The number of amides is 1. The number of rotatable bonds is 6. The number of hydrogen-bond acceptors (Lipinski definition) is 6. The minimum absolute atomic E-state index is 0.0867. The maximum atomic E-state index is 12.2. The largest absolute Gasteiger partial charge is 0.382 e. The van der Waals surface area contributed by atoms with E-state index in [1.165, 1.54) is 62.7 Å². The zero-order chi connectivity index (χ0) is 24.1. The van der Waals surface area contributed by atoms with Crippen LogP contribution in [-0.2, 0) is 17.9 Å². The minimum atomic E-state index is -0.0867. The molecule has 2 aliphatic heterocycles. The van der Waals surface area contributed by atoms with Crippen LogP contribution in [0.25, 0.3) is 0 Å². The van der Waals surface area contributed by atoms with Crippen LogP contribution in [0.4, 0.5) is 17.3 Å². The first-order chi connectivity index (χ1) is 16.5. The highest BCUT2D eigenvalue weighted by molar-refractivity contribution is 6.02. The summed E-state index contributed by atoms with van der Waals surface area (Å²) in [5, 5.41) is 2.81. The van der Waals surface area contributed by atoms with Crippen molar-refractivity contribution in [1.29, 1.82) is 0 Å². The van der Waals surface area contributed by atoms with Crippen LogP contribution in [0.1, 0.15) is 69.3 Å². The molecule has 1 aromatic heterocycles. The second kappa shape index (κ2) is 11.2. The van der Waals surface area contributed by atoms with Gasteiger partial charge in [0.1, 0.15) is 11.5 Å². The van der Waals surface area contributed by atoms with E-state index in [1.54, 1.807) is 0 Å². The van der Waals surface area contributed by atoms with Crippen LogP contribution in [-0.4, -0.2) is 40.4 Å². The third-order valence-electron chi connectivity index (χ3n) is 7.21. The fourth-order valence-corrected chi connectivity index (χ4v) is 5.61. The van der Waals surface area contributed by atoms with E-state index in [2.05, 4.69) is 58.3 Å². The van der Waals surface area contributed by atoms with Crippen LogP contribution in [0, 0.1) is 18.8 Å². The monoisotopic (exact) mass is 464 g/mol. The number of benzene rings is 1. The fourth-order valence-electron chi connectivity index (χ4n) is 5.61. The van der Waals surface area contributed by atoms with Crippen molar-refractivity contribution in [3.63, 3.8) is 0 Å². The third-order valence-corrected chi connectivity index (χ3v) is 7.21. The number of fused-ring (bicyclic) bond motifs is 2. The lowest BCUT2D eigenvalue weighted by atomic mass is 10.0. The Bertz CT molecular complexity index is 979. The van der Waals surface area contributed by atoms with Crippen LogP contribution < -0.4 is 16.0 Å². The molecule has 3 heterocycles. The number of nitrogens with zero attached hydrogens (tertiary/aromatic N) is 4. The van der Waals surface area contributed by atoms with Crippen molar-refractivity contribution in [2.75, 3.05) is 35.6 Å². The first kappa shape index (κ1) is 24.5. The summed E-state index contributed by atoms with van der Waals surface area (Å²) in [7, 11) is 0. The van der Waals surface area contributed by atoms with Crippen LogP contribution in [0.15, 0.2) is 24.3 Å². The molecule has 2 unspecified atom stereocenters. The molecule has 3 N–H and O–H groups in total. The van der Waals surface area contributed by atoms with Crippen LogP contribution in [0.5, 0.6) is 0 Å². The molecule has 1 saturated heterocycles. The Morgan fingerprint density at radius 1 is 1.06 bits per heavy atom. The summed E-state index contributed by atoms with van der Waals surface area (Å²) in [6.07, 6.45) is 8.30. The number of hydrogen-bond donors (Lipinski definition) is 2. The summed E-state index contributed by atoms with van der Waals surface area (Å²) < 4.78 is 0. The number of carbonyl (C=O) groups is 1. The number of nitrogens with one attached hydrogen (secondary N) is 1. The highest BCUT2D eigenvalue weighted by Crippen LogP contribution is 2.38. The van der Waals surface area contributed by atoms with Gasteiger partial charge in [-0.2, -0.15) is 0 Å². The Labute approximate surface area is 204 Å². The van der Waals surface area contributed by atoms with E-state index in [0.29, 0.717) is 29.7 Å². The van der Waals surface area contributed by atoms with Gasteiger partial charge in [0.15, 0.2) is 11.6 Å². The lowest BCUT2D eigenvalue weighted by Gasteiger charge is -2.30. The molecule has 2 fully saturated rings. The molecular formula is C27H40N6O. The second-order valence-electron chi connectivity index (χ2n) is 10.1. The second-order valence-corrected chi connectivity index (χ2v) is 10.1. The standard InChI is InChI=1S/C22H28N6O.C5H12/c1-14-24-21(23)20-22(25-14)28(13-19(29)26-20)10-16-5-2-4-15(8-16)9-27-11-17-6-3-7-18(17)12-27;1-3-5-4-2/h2,4-5,8,17-18H,3,6-7,9-13H2,1H3,(H,26,29)(H2,23,24,25);3-5H2,1-2H3. The molecule has 7 nitrogen and oxygen atoms in total. The lowest BCUT2D eigenvalue weighted by Crippen LogP contribution is -2.39. The number of unbranched alkanes of at least 4 members (excludes halogenated alkanes) is 2. The average Bonchev–Trinajstić information content (AvgIpc) is 3.38. The summed E-state index contributed by atoms with van der Waals surface area (Å²) >= 11 is 0. The molecule has 2 aromatic rings. The molecule has 0 spiro atoms. The van der Waals surface area contributed by atoms with Gasteiger partial charge in [-0.1, -0.05) is 63.8 Å². The van der Waals surface area contributed by atoms with E-state index in [-0.39, 0.29) is 12.5 Å². The molecule has 1 saturated carbocycles. The van der Waals surface area contributed by atoms with Gasteiger partial charge < -0.3 is 16.0 Å². The summed E-state index contributed by atoms with van der Waals surface area (Å²) in [6.45, 7) is 10.6. The van der Waals surface area contributed by atoms with Crippen molar-refractivity contribution in [3.05, 3.63) is 41.2 Å². The predicted molar refractivity (Wildman–Crippen MR) is 139 cm³/mol. The van der Waals surface area contributed by atoms with E-state index in [0.717, 1.165) is 18.4 Å². The first-order valence-electron chi connectivity index (χ1n) is 13.0. The van der Waals surface area contributed by atoms with Crippen molar-refractivity contribution in [1.82, 2.24) is 14.9 Å². The van der Waals surface area contributed by atoms with Gasteiger partial charge >= 0.3 is 0 Å². The molecule has 1 aromatic carbocycles. The molecule has 1 amide bonds. The number of nitrogens with two attached hydrogens (primary N) is 1. The molecule has 2 atom stereocenters. The highest BCUT2D eigenvalue weighted by Gasteiger charge is 2.35. The van der Waals surface area contributed by atoms with Crippen molar-refractivity contribution >= 4 is 23.2 Å². The normalized spacial score (nSPS) is 21.5. The number of nitrogen functional groups attached to an aromatic ring is 1. The van der Waals surface area contributed by atoms with E-state index in [9.17, 15) is 4.79 Å². The number of carbonyl (C=O) groups excluding carboxylic acids is 1. The number of likely N-dealkylation sites (tertiary alicyclic amines) is 1. The highest BCUT2D eigenvalue weighted by atomic mass is 16.2. The van der Waals surface area contributed by atoms with Crippen molar-refractivity contribution in [2.45, 2.75) is 72.4 Å². The Hall–Kier alpha value is -2.67. The molecule has 1 aliphatic carbocycles. The van der Waals surface area contributed by atoms with E-state index in [1.807, 2.05) is 11.8 Å². The molecule has 184 valence electrons. The Kier molecular flexibility index (Phi) is 8.03. The van der Waals surface area contributed by atoms with E-state index >= 15 is 0 Å². The third kappa shape index (κ3) is 5.87. The zero-order valence-corrected chi connectivity index (χ0v) is 21.0. The Balaban J connectivity index is 0.000000499. The lowest BCUT2D eigenvalue weighted by molar-refractivity contribution is -0.115. The molecule has 0 radical (unpaired) electrons. The van der Waals surface area contributed by atoms with Crippen molar-refractivity contribution in [2.24, 2.45) is 11.8 Å². The van der Waals surface area contributed by atoms with Crippen molar-refractivity contribution < 1.29 is 4.79 Å². The van der Waals surface area contributed by atoms with Crippen molar-refractivity contribution in [3.8, 4) is 0 Å². The van der Waals surface area contributed by atoms with Crippen LogP contribution in [0.2, 0.25) is 0 Å². The van der Waals surface area contributed by atoms with E-state index < -0.39 is 0 Å². The van der Waals surface area contributed by atoms with Crippen LogP contribution >= 0.6 is 0 Å². The summed E-state index contributed by atoms with van der Waals surface area (Å²) in [6, 6.07) is 8.70. The zero-order valence-electron chi connectivity index (χ0n) is 21.0. The summed E-state index contributed by atoms with van der Waals surface area (Å²) in [5.41, 5.74) is 9.05.